The monoisotopic (exact) mass is 331 g/mol. The second-order valence-electron chi connectivity index (χ2n) is 4.93. The highest BCUT2D eigenvalue weighted by Crippen LogP contribution is 2.20. The lowest BCUT2D eigenvalue weighted by atomic mass is 10.1. The molecule has 5 heteroatoms. The summed E-state index contributed by atoms with van der Waals surface area (Å²) in [7, 11) is 0. The summed E-state index contributed by atoms with van der Waals surface area (Å²) in [4.78, 5) is 25.9. The van der Waals surface area contributed by atoms with Gasteiger partial charge in [-0.3, -0.25) is 9.59 Å². The van der Waals surface area contributed by atoms with Crippen LogP contribution in [0.15, 0.2) is 54.6 Å². The van der Waals surface area contributed by atoms with E-state index in [-0.39, 0.29) is 25.5 Å². The molecule has 2 aromatic carbocycles. The second-order valence-corrected chi connectivity index (χ2v) is 5.36. The molecule has 0 unspecified atom stereocenters. The van der Waals surface area contributed by atoms with Crippen LogP contribution in [-0.2, 0) is 20.7 Å². The lowest BCUT2D eigenvalue weighted by molar-refractivity contribution is -0.142. The highest BCUT2D eigenvalue weighted by Gasteiger charge is 2.20. The normalized spacial score (nSPS) is 10.2. The SMILES string of the molecule is CCOC(=O)CN(C(=O)Cc1ccccc1)c1cccc(Cl)c1. The van der Waals surface area contributed by atoms with Crippen LogP contribution in [0.2, 0.25) is 5.02 Å². The molecule has 23 heavy (non-hydrogen) atoms. The summed E-state index contributed by atoms with van der Waals surface area (Å²) in [6.45, 7) is 1.86. The van der Waals surface area contributed by atoms with Crippen LogP contribution in [-0.4, -0.2) is 25.0 Å². The third-order valence-electron chi connectivity index (χ3n) is 3.21. The van der Waals surface area contributed by atoms with Gasteiger partial charge in [-0.1, -0.05) is 48.0 Å². The topological polar surface area (TPSA) is 46.6 Å². The molecule has 2 rings (SSSR count). The predicted molar refractivity (Wildman–Crippen MR) is 90.6 cm³/mol. The lowest BCUT2D eigenvalue weighted by Gasteiger charge is -2.22. The van der Waals surface area contributed by atoms with Crippen molar-refractivity contribution in [1.29, 1.82) is 0 Å². The third-order valence-corrected chi connectivity index (χ3v) is 3.45. The van der Waals surface area contributed by atoms with Gasteiger partial charge in [0.2, 0.25) is 5.91 Å². The van der Waals surface area contributed by atoms with E-state index < -0.39 is 5.97 Å². The zero-order valence-electron chi connectivity index (χ0n) is 12.9. The van der Waals surface area contributed by atoms with Gasteiger partial charge in [-0.2, -0.15) is 0 Å². The summed E-state index contributed by atoms with van der Waals surface area (Å²) in [5.74, 6) is -0.639. The Morgan fingerprint density at radius 2 is 1.83 bits per heavy atom. The Morgan fingerprint density at radius 1 is 1.09 bits per heavy atom. The van der Waals surface area contributed by atoms with Gasteiger partial charge in [-0.25, -0.2) is 0 Å². The first kappa shape index (κ1) is 17.0. The number of halogens is 1. The molecule has 0 aliphatic carbocycles. The van der Waals surface area contributed by atoms with E-state index in [1.54, 1.807) is 31.2 Å². The van der Waals surface area contributed by atoms with Crippen LogP contribution in [0, 0.1) is 0 Å². The largest absolute Gasteiger partial charge is 0.465 e. The van der Waals surface area contributed by atoms with E-state index in [1.807, 2.05) is 30.3 Å². The van der Waals surface area contributed by atoms with Gasteiger partial charge in [0.15, 0.2) is 0 Å². The number of anilines is 1. The van der Waals surface area contributed by atoms with Crippen LogP contribution in [0.3, 0.4) is 0 Å². The molecule has 0 bridgehead atoms. The van der Waals surface area contributed by atoms with Gasteiger partial charge >= 0.3 is 5.97 Å². The second kappa shape index (κ2) is 8.34. The van der Waals surface area contributed by atoms with Crippen molar-refractivity contribution in [2.24, 2.45) is 0 Å². The Labute approximate surface area is 140 Å². The van der Waals surface area contributed by atoms with Crippen molar-refractivity contribution >= 4 is 29.2 Å². The Kier molecular flexibility index (Phi) is 6.18. The van der Waals surface area contributed by atoms with Crippen LogP contribution in [0.5, 0.6) is 0 Å². The number of hydrogen-bond donors (Lipinski definition) is 0. The Morgan fingerprint density at radius 3 is 2.48 bits per heavy atom. The molecular weight excluding hydrogens is 314 g/mol. The number of carbonyl (C=O) groups excluding carboxylic acids is 2. The van der Waals surface area contributed by atoms with Crippen LogP contribution in [0.4, 0.5) is 5.69 Å². The maximum Gasteiger partial charge on any atom is 0.326 e. The first-order chi connectivity index (χ1) is 11.1. The van der Waals surface area contributed by atoms with Crippen molar-refractivity contribution in [2.75, 3.05) is 18.1 Å². The van der Waals surface area contributed by atoms with Gasteiger partial charge < -0.3 is 9.64 Å². The minimum atomic E-state index is -0.450. The van der Waals surface area contributed by atoms with Gasteiger partial charge in [0.05, 0.1) is 13.0 Å². The average Bonchev–Trinajstić information content (AvgIpc) is 2.53. The molecule has 0 aliphatic rings. The zero-order chi connectivity index (χ0) is 16.7. The number of hydrogen-bond acceptors (Lipinski definition) is 3. The highest BCUT2D eigenvalue weighted by molar-refractivity contribution is 6.31. The molecule has 0 fully saturated rings. The lowest BCUT2D eigenvalue weighted by Crippen LogP contribution is -2.37. The van der Waals surface area contributed by atoms with Crippen molar-refractivity contribution in [3.8, 4) is 0 Å². The Hall–Kier alpha value is -2.33. The molecule has 0 aliphatic heterocycles. The standard InChI is InChI=1S/C18H18ClNO3/c1-2-23-18(22)13-20(16-10-6-9-15(19)12-16)17(21)11-14-7-4-3-5-8-14/h3-10,12H,2,11,13H2,1H3. The number of carbonyl (C=O) groups is 2. The van der Waals surface area contributed by atoms with Gasteiger partial charge in [-0.15, -0.1) is 0 Å². The summed E-state index contributed by atoms with van der Waals surface area (Å²) in [6, 6.07) is 16.2. The van der Waals surface area contributed by atoms with Crippen molar-refractivity contribution in [2.45, 2.75) is 13.3 Å². The smallest absolute Gasteiger partial charge is 0.326 e. The molecule has 2 aromatic rings. The molecule has 0 heterocycles. The van der Waals surface area contributed by atoms with Crippen molar-refractivity contribution in [3.05, 3.63) is 65.2 Å². The molecule has 0 atom stereocenters. The van der Waals surface area contributed by atoms with E-state index in [9.17, 15) is 9.59 Å². The molecule has 120 valence electrons. The van der Waals surface area contributed by atoms with Crippen LogP contribution >= 0.6 is 11.6 Å². The Balaban J connectivity index is 2.21. The number of amides is 1. The van der Waals surface area contributed by atoms with Crippen molar-refractivity contribution in [1.82, 2.24) is 0 Å². The predicted octanol–water partition coefficient (Wildman–Crippen LogP) is 3.48. The summed E-state index contributed by atoms with van der Waals surface area (Å²) in [6.07, 6.45) is 0.201. The molecule has 0 saturated heterocycles. The first-order valence-electron chi connectivity index (χ1n) is 7.35. The van der Waals surface area contributed by atoms with Gasteiger partial charge in [-0.05, 0) is 30.7 Å². The maximum absolute atomic E-state index is 12.6. The van der Waals surface area contributed by atoms with Crippen molar-refractivity contribution < 1.29 is 14.3 Å². The fraction of sp³-hybridized carbons (Fsp3) is 0.222. The highest BCUT2D eigenvalue weighted by atomic mass is 35.5. The average molecular weight is 332 g/mol. The van der Waals surface area contributed by atoms with Crippen molar-refractivity contribution in [3.63, 3.8) is 0 Å². The minimum absolute atomic E-state index is 0.139. The number of nitrogens with zero attached hydrogens (tertiary/aromatic N) is 1. The first-order valence-corrected chi connectivity index (χ1v) is 7.73. The number of esters is 1. The van der Waals surface area contributed by atoms with E-state index in [0.29, 0.717) is 10.7 Å². The quantitative estimate of drug-likeness (QED) is 0.761. The molecule has 1 amide bonds. The molecule has 0 spiro atoms. The van der Waals surface area contributed by atoms with E-state index in [1.165, 1.54) is 4.90 Å². The van der Waals surface area contributed by atoms with E-state index in [2.05, 4.69) is 0 Å². The van der Waals surface area contributed by atoms with E-state index in [4.69, 9.17) is 16.3 Å². The number of ether oxygens (including phenoxy) is 1. The molecule has 0 N–H and O–H groups in total. The zero-order valence-corrected chi connectivity index (χ0v) is 13.6. The molecule has 0 aromatic heterocycles. The number of benzene rings is 2. The van der Waals surface area contributed by atoms with Crippen LogP contribution < -0.4 is 4.90 Å². The number of rotatable bonds is 6. The van der Waals surface area contributed by atoms with Gasteiger partial charge in [0.25, 0.3) is 0 Å². The molecule has 0 saturated carbocycles. The molecule has 0 radical (unpaired) electrons. The third kappa shape index (κ3) is 5.11. The van der Waals surface area contributed by atoms with E-state index in [0.717, 1.165) is 5.56 Å². The summed E-state index contributed by atoms with van der Waals surface area (Å²) in [5.41, 5.74) is 1.46. The summed E-state index contributed by atoms with van der Waals surface area (Å²) in [5, 5.41) is 0.504. The summed E-state index contributed by atoms with van der Waals surface area (Å²) < 4.78 is 4.96. The Bertz CT molecular complexity index is 673. The minimum Gasteiger partial charge on any atom is -0.465 e. The fourth-order valence-electron chi connectivity index (χ4n) is 2.17. The van der Waals surface area contributed by atoms with Crippen LogP contribution in [0.25, 0.3) is 0 Å². The fourth-order valence-corrected chi connectivity index (χ4v) is 2.35. The maximum atomic E-state index is 12.6. The van der Waals surface area contributed by atoms with Gasteiger partial charge in [0.1, 0.15) is 6.54 Å². The summed E-state index contributed by atoms with van der Waals surface area (Å²) >= 11 is 6.00. The molecule has 4 nitrogen and oxygen atoms in total. The van der Waals surface area contributed by atoms with Gasteiger partial charge in [0, 0.05) is 10.7 Å². The van der Waals surface area contributed by atoms with E-state index >= 15 is 0 Å². The molecular formula is C18H18ClNO3. The van der Waals surface area contributed by atoms with Crippen LogP contribution in [0.1, 0.15) is 12.5 Å².